The van der Waals surface area contributed by atoms with Gasteiger partial charge in [0.25, 0.3) is 0 Å². The number of carbonyl (C=O) groups excluding carboxylic acids is 1. The van der Waals surface area contributed by atoms with Crippen molar-refractivity contribution in [1.29, 1.82) is 0 Å². The summed E-state index contributed by atoms with van der Waals surface area (Å²) >= 11 is 0. The van der Waals surface area contributed by atoms with Gasteiger partial charge in [-0.2, -0.15) is 0 Å². The molecule has 0 saturated carbocycles. The van der Waals surface area contributed by atoms with Crippen molar-refractivity contribution < 1.29 is 24.0 Å². The Morgan fingerprint density at radius 2 is 1.73 bits per heavy atom. The third-order valence-corrected chi connectivity index (χ3v) is 5.36. The monoisotopic (exact) mass is 517 g/mol. The molecule has 0 radical (unpaired) electrons. The van der Waals surface area contributed by atoms with Crippen LogP contribution in [0.25, 0.3) is 33.5 Å². The first kappa shape index (κ1) is 25.9. The minimum Gasteiger partial charge on any atom is -0.366 e. The molecule has 0 fully saturated rings. The molecule has 0 unspecified atom stereocenters. The maximum atomic E-state index is 11.6. The van der Waals surface area contributed by atoms with E-state index in [2.05, 4.69) is 16.0 Å². The molecule has 0 spiro atoms. The summed E-state index contributed by atoms with van der Waals surface area (Å²) in [6.07, 6.45) is 2.33. The highest BCUT2D eigenvalue weighted by Crippen LogP contribution is 2.31. The molecule has 0 aliphatic carbocycles. The summed E-state index contributed by atoms with van der Waals surface area (Å²) in [5.74, 6) is 0.340. The molecule has 37 heavy (non-hydrogen) atoms. The average Bonchev–Trinajstić information content (AvgIpc) is 3.26. The molecule has 6 N–H and O–H groups in total. The van der Waals surface area contributed by atoms with Crippen molar-refractivity contribution in [1.82, 2.24) is 19.9 Å². The second-order valence-electron chi connectivity index (χ2n) is 8.24. The molecular formula is C26H24N5O5P. The largest absolute Gasteiger partial charge is 0.466 e. The van der Waals surface area contributed by atoms with E-state index in [0.29, 0.717) is 12.0 Å². The van der Waals surface area contributed by atoms with E-state index in [1.54, 1.807) is 18.3 Å². The number of aromatic nitrogens is 4. The average molecular weight is 517 g/mol. The zero-order valence-corrected chi connectivity index (χ0v) is 20.6. The molecule has 1 amide bonds. The Labute approximate surface area is 212 Å². The van der Waals surface area contributed by atoms with Gasteiger partial charge in [0.05, 0.1) is 22.6 Å². The normalized spacial score (nSPS) is 11.1. The lowest BCUT2D eigenvalue weighted by atomic mass is 10.1. The fourth-order valence-corrected chi connectivity index (χ4v) is 3.83. The second kappa shape index (κ2) is 10.8. The predicted octanol–water partition coefficient (Wildman–Crippen LogP) is 3.76. The number of nitrogens with one attached hydrogen (secondary N) is 1. The van der Waals surface area contributed by atoms with Gasteiger partial charge in [-0.25, -0.2) is 9.55 Å². The molecule has 0 aliphatic heterocycles. The van der Waals surface area contributed by atoms with Crippen molar-refractivity contribution in [3.05, 3.63) is 102 Å². The van der Waals surface area contributed by atoms with E-state index < -0.39 is 13.7 Å². The molecule has 5 aromatic rings. The van der Waals surface area contributed by atoms with Gasteiger partial charge in [0.1, 0.15) is 5.82 Å². The number of hydrogen-bond acceptors (Lipinski definition) is 5. The summed E-state index contributed by atoms with van der Waals surface area (Å²) in [7, 11) is -4.64. The molecule has 0 saturated heterocycles. The van der Waals surface area contributed by atoms with Gasteiger partial charge in [0, 0.05) is 34.8 Å². The summed E-state index contributed by atoms with van der Waals surface area (Å²) in [4.78, 5) is 50.6. The topological polar surface area (TPSA) is 175 Å². The SMILES string of the molecule is Cc1cccc(-c2[nH]c(Cc3cccc(C(N)=O)c3)nc2-c2ccc3ncccc3c2)n1.O=P(O)(O)O. The van der Waals surface area contributed by atoms with Gasteiger partial charge in [0.15, 0.2) is 0 Å². The van der Waals surface area contributed by atoms with Gasteiger partial charge in [0.2, 0.25) is 5.91 Å². The molecule has 0 atom stereocenters. The Bertz CT molecular complexity index is 1620. The van der Waals surface area contributed by atoms with E-state index in [1.807, 2.05) is 61.5 Å². The fraction of sp³-hybridized carbons (Fsp3) is 0.0769. The maximum absolute atomic E-state index is 11.6. The smallest absolute Gasteiger partial charge is 0.366 e. The first-order valence-electron chi connectivity index (χ1n) is 11.1. The number of carbonyl (C=O) groups is 1. The van der Waals surface area contributed by atoms with Crippen LogP contribution in [0.15, 0.2) is 79.0 Å². The van der Waals surface area contributed by atoms with Crippen LogP contribution in [0.3, 0.4) is 0 Å². The van der Waals surface area contributed by atoms with Gasteiger partial charge in [-0.05, 0) is 55.0 Å². The number of amides is 1. The number of H-pyrrole nitrogens is 1. The highest BCUT2D eigenvalue weighted by Gasteiger charge is 2.16. The van der Waals surface area contributed by atoms with Crippen molar-refractivity contribution in [3.8, 4) is 22.6 Å². The molecule has 5 rings (SSSR count). The molecule has 11 heteroatoms. The zero-order chi connectivity index (χ0) is 26.6. The molecule has 2 aromatic carbocycles. The van der Waals surface area contributed by atoms with Gasteiger partial charge in [-0.3, -0.25) is 14.8 Å². The Hall–Kier alpha value is -4.21. The quantitative estimate of drug-likeness (QED) is 0.219. The van der Waals surface area contributed by atoms with Crippen molar-refractivity contribution >= 4 is 24.6 Å². The highest BCUT2D eigenvalue weighted by atomic mass is 31.2. The second-order valence-corrected chi connectivity index (χ2v) is 9.26. The number of pyridine rings is 2. The van der Waals surface area contributed by atoms with Crippen molar-refractivity contribution in [2.24, 2.45) is 5.73 Å². The van der Waals surface area contributed by atoms with Crippen LogP contribution in [0.1, 0.15) is 27.4 Å². The number of phosphoric acid groups is 1. The lowest BCUT2D eigenvalue weighted by Crippen LogP contribution is -2.11. The zero-order valence-electron chi connectivity index (χ0n) is 19.7. The van der Waals surface area contributed by atoms with Crippen molar-refractivity contribution in [3.63, 3.8) is 0 Å². The summed E-state index contributed by atoms with van der Waals surface area (Å²) in [5, 5.41) is 1.05. The molecule has 0 aliphatic rings. The third kappa shape index (κ3) is 6.93. The van der Waals surface area contributed by atoms with E-state index >= 15 is 0 Å². The number of hydrogen-bond donors (Lipinski definition) is 5. The van der Waals surface area contributed by atoms with Crippen LogP contribution in [0.2, 0.25) is 0 Å². The van der Waals surface area contributed by atoms with Crippen LogP contribution in [-0.4, -0.2) is 40.5 Å². The molecule has 10 nitrogen and oxygen atoms in total. The van der Waals surface area contributed by atoms with E-state index in [0.717, 1.165) is 50.6 Å². The van der Waals surface area contributed by atoms with Gasteiger partial charge < -0.3 is 25.4 Å². The number of fused-ring (bicyclic) bond motifs is 1. The number of benzene rings is 2. The molecular weight excluding hydrogens is 493 g/mol. The van der Waals surface area contributed by atoms with Crippen molar-refractivity contribution in [2.45, 2.75) is 13.3 Å². The van der Waals surface area contributed by atoms with Crippen LogP contribution < -0.4 is 5.73 Å². The van der Waals surface area contributed by atoms with E-state index in [9.17, 15) is 4.79 Å². The minimum absolute atomic E-state index is 0.443. The standard InChI is InChI=1S/C26H21N5O.H3O4P/c1-16-5-2-9-22(29-16)25-24(19-10-11-21-18(15-19)8-4-12-28-21)30-23(31-25)14-17-6-3-7-20(13-17)26(27)32;1-5(2,3)4/h2-13,15H,14H2,1H3,(H2,27,32)(H,30,31);(H3,1,2,3,4). The Kier molecular flexibility index (Phi) is 7.56. The molecule has 188 valence electrons. The molecule has 3 heterocycles. The summed E-state index contributed by atoms with van der Waals surface area (Å²) < 4.78 is 8.88. The van der Waals surface area contributed by atoms with Crippen LogP contribution in [0.5, 0.6) is 0 Å². The van der Waals surface area contributed by atoms with Crippen LogP contribution in [0, 0.1) is 6.92 Å². The number of aromatic amines is 1. The van der Waals surface area contributed by atoms with Crippen LogP contribution >= 0.6 is 7.82 Å². The maximum Gasteiger partial charge on any atom is 0.466 e. The lowest BCUT2D eigenvalue weighted by molar-refractivity contribution is 0.1000. The van der Waals surface area contributed by atoms with E-state index in [4.69, 9.17) is 34.9 Å². The van der Waals surface area contributed by atoms with E-state index in [1.165, 1.54) is 0 Å². The fourth-order valence-electron chi connectivity index (χ4n) is 3.83. The van der Waals surface area contributed by atoms with Crippen molar-refractivity contribution in [2.75, 3.05) is 0 Å². The first-order valence-corrected chi connectivity index (χ1v) is 12.7. The first-order chi connectivity index (χ1) is 17.6. The Morgan fingerprint density at radius 1 is 0.973 bits per heavy atom. The Morgan fingerprint density at radius 3 is 2.46 bits per heavy atom. The summed E-state index contributed by atoms with van der Waals surface area (Å²) in [6.45, 7) is 1.97. The number of aryl methyl sites for hydroxylation is 1. The third-order valence-electron chi connectivity index (χ3n) is 5.36. The van der Waals surface area contributed by atoms with Gasteiger partial charge in [-0.1, -0.05) is 30.3 Å². The molecule has 3 aromatic heterocycles. The minimum atomic E-state index is -4.64. The van der Waals surface area contributed by atoms with Gasteiger partial charge in [-0.15, -0.1) is 0 Å². The number of imidazole rings is 1. The number of nitrogens with two attached hydrogens (primary N) is 1. The number of rotatable bonds is 5. The van der Waals surface area contributed by atoms with Gasteiger partial charge >= 0.3 is 7.82 Å². The predicted molar refractivity (Wildman–Crippen MR) is 139 cm³/mol. The number of nitrogens with zero attached hydrogens (tertiary/aromatic N) is 3. The van der Waals surface area contributed by atoms with Crippen LogP contribution in [-0.2, 0) is 11.0 Å². The number of primary amides is 1. The van der Waals surface area contributed by atoms with E-state index in [-0.39, 0.29) is 0 Å². The Balaban J connectivity index is 0.000000586. The summed E-state index contributed by atoms with van der Waals surface area (Å²) in [5.41, 5.74) is 12.2. The van der Waals surface area contributed by atoms with Crippen LogP contribution in [0.4, 0.5) is 0 Å². The summed E-state index contributed by atoms with van der Waals surface area (Å²) in [6, 6.07) is 23.3. The highest BCUT2D eigenvalue weighted by molar-refractivity contribution is 7.45. The lowest BCUT2D eigenvalue weighted by Gasteiger charge is -2.05. The molecule has 0 bridgehead atoms.